The first-order valence-electron chi connectivity index (χ1n) is 12.5. The van der Waals surface area contributed by atoms with Crippen molar-refractivity contribution in [1.29, 1.82) is 0 Å². The molecule has 0 unspecified atom stereocenters. The largest absolute Gasteiger partial charge is 0.462 e. The lowest BCUT2D eigenvalue weighted by molar-refractivity contribution is -0.148. The lowest BCUT2D eigenvalue weighted by Crippen LogP contribution is -2.19. The van der Waals surface area contributed by atoms with Gasteiger partial charge in [0.05, 0.1) is 6.42 Å². The molecule has 0 fully saturated rings. The van der Waals surface area contributed by atoms with Crippen LogP contribution in [0.25, 0.3) is 0 Å². The van der Waals surface area contributed by atoms with Crippen molar-refractivity contribution >= 4 is 5.97 Å². The highest BCUT2D eigenvalue weighted by Gasteiger charge is 2.13. The maximum atomic E-state index is 12.4. The summed E-state index contributed by atoms with van der Waals surface area (Å²) in [6.45, 7) is 6.84. The van der Waals surface area contributed by atoms with Crippen molar-refractivity contribution in [3.8, 4) is 0 Å². The molecular weight excluding hydrogens is 368 g/mol. The molecule has 1 aromatic rings. The fourth-order valence-electron chi connectivity index (χ4n) is 3.72. The van der Waals surface area contributed by atoms with Gasteiger partial charge >= 0.3 is 5.97 Å². The fraction of sp³-hybridized carbons (Fsp3) is 0.679. The second kappa shape index (κ2) is 18.2. The van der Waals surface area contributed by atoms with E-state index in [2.05, 4.69) is 32.9 Å². The van der Waals surface area contributed by atoms with Gasteiger partial charge in [-0.05, 0) is 37.2 Å². The number of carbonyl (C=O) groups excluding carboxylic acids is 1. The van der Waals surface area contributed by atoms with E-state index in [1.807, 2.05) is 30.3 Å². The second-order valence-corrected chi connectivity index (χ2v) is 9.07. The van der Waals surface area contributed by atoms with Gasteiger partial charge in [0.25, 0.3) is 0 Å². The summed E-state index contributed by atoms with van der Waals surface area (Å²) in [6, 6.07) is 9.89. The molecule has 0 saturated heterocycles. The topological polar surface area (TPSA) is 26.3 Å². The van der Waals surface area contributed by atoms with Crippen LogP contribution in [-0.4, -0.2) is 12.1 Å². The summed E-state index contributed by atoms with van der Waals surface area (Å²) >= 11 is 0. The summed E-state index contributed by atoms with van der Waals surface area (Å²) < 4.78 is 5.84. The molecule has 0 bridgehead atoms. The lowest BCUT2D eigenvalue weighted by atomic mass is 10.0. The van der Waals surface area contributed by atoms with E-state index in [-0.39, 0.29) is 12.1 Å². The Morgan fingerprint density at radius 2 is 1.53 bits per heavy atom. The van der Waals surface area contributed by atoms with Crippen molar-refractivity contribution in [2.24, 2.45) is 5.92 Å². The minimum atomic E-state index is -0.100. The van der Waals surface area contributed by atoms with Crippen LogP contribution in [0.1, 0.15) is 110 Å². The first-order chi connectivity index (χ1) is 14.6. The first kappa shape index (κ1) is 26.5. The zero-order valence-electron chi connectivity index (χ0n) is 19.9. The van der Waals surface area contributed by atoms with Crippen LogP contribution in [0.3, 0.4) is 0 Å². The molecule has 1 atom stereocenters. The van der Waals surface area contributed by atoms with Crippen molar-refractivity contribution in [2.75, 3.05) is 0 Å². The Labute approximate surface area is 186 Å². The monoisotopic (exact) mass is 414 g/mol. The summed E-state index contributed by atoms with van der Waals surface area (Å²) in [6.07, 6.45) is 20.8. The van der Waals surface area contributed by atoms with Gasteiger partial charge in [-0.25, -0.2) is 0 Å². The normalized spacial score (nSPS) is 12.5. The number of ether oxygens (including phenoxy) is 1. The van der Waals surface area contributed by atoms with Gasteiger partial charge in [-0.1, -0.05) is 115 Å². The Morgan fingerprint density at radius 3 is 2.27 bits per heavy atom. The number of hydrogen-bond acceptors (Lipinski definition) is 2. The Balaban J connectivity index is 2.27. The Bertz CT molecular complexity index is 547. The maximum absolute atomic E-state index is 12.4. The number of benzene rings is 1. The molecule has 1 rings (SSSR count). The number of rotatable bonds is 18. The number of unbranched alkanes of at least 4 members (excludes halogenated alkanes) is 8. The number of carbonyl (C=O) groups is 1. The zero-order valence-corrected chi connectivity index (χ0v) is 19.9. The summed E-state index contributed by atoms with van der Waals surface area (Å²) in [4.78, 5) is 12.4. The average molecular weight is 415 g/mol. The van der Waals surface area contributed by atoms with Gasteiger partial charge in [-0.15, -0.1) is 0 Å². The van der Waals surface area contributed by atoms with Crippen LogP contribution in [0, 0.1) is 5.92 Å². The third kappa shape index (κ3) is 15.3. The molecule has 0 spiro atoms. The Morgan fingerprint density at radius 1 is 0.867 bits per heavy atom. The van der Waals surface area contributed by atoms with Gasteiger partial charge in [-0.2, -0.15) is 0 Å². The van der Waals surface area contributed by atoms with Crippen LogP contribution in [0.4, 0.5) is 0 Å². The Hall–Kier alpha value is -1.57. The molecule has 2 nitrogen and oxygen atoms in total. The molecule has 0 aliphatic heterocycles. The molecule has 0 N–H and O–H groups in total. The van der Waals surface area contributed by atoms with Crippen LogP contribution in [0.15, 0.2) is 42.5 Å². The molecule has 170 valence electrons. The molecule has 2 heteroatoms. The smallest absolute Gasteiger partial charge is 0.310 e. The molecule has 1 aromatic carbocycles. The van der Waals surface area contributed by atoms with Crippen LogP contribution in [0.2, 0.25) is 0 Å². The molecule has 0 saturated carbocycles. The zero-order chi connectivity index (χ0) is 21.9. The third-order valence-corrected chi connectivity index (χ3v) is 5.59. The van der Waals surface area contributed by atoms with E-state index < -0.39 is 0 Å². The van der Waals surface area contributed by atoms with Gasteiger partial charge in [0.2, 0.25) is 0 Å². The third-order valence-electron chi connectivity index (χ3n) is 5.59. The minimum Gasteiger partial charge on any atom is -0.462 e. The van der Waals surface area contributed by atoms with Crippen molar-refractivity contribution in [2.45, 2.75) is 117 Å². The summed E-state index contributed by atoms with van der Waals surface area (Å²) in [5.74, 6) is 0.737. The second-order valence-electron chi connectivity index (χ2n) is 9.07. The molecule has 0 radical (unpaired) electrons. The van der Waals surface area contributed by atoms with E-state index in [0.717, 1.165) is 37.2 Å². The number of allylic oxidation sites excluding steroid dienone is 1. The molecular formula is C28H46O2. The highest BCUT2D eigenvalue weighted by molar-refractivity contribution is 5.72. The first-order valence-corrected chi connectivity index (χ1v) is 12.5. The number of esters is 1. The van der Waals surface area contributed by atoms with E-state index in [1.165, 1.54) is 57.8 Å². The van der Waals surface area contributed by atoms with Crippen molar-refractivity contribution < 1.29 is 9.53 Å². The fourth-order valence-corrected chi connectivity index (χ4v) is 3.72. The van der Waals surface area contributed by atoms with Gasteiger partial charge in [-0.3, -0.25) is 4.79 Å². The van der Waals surface area contributed by atoms with E-state index in [0.29, 0.717) is 6.42 Å². The average Bonchev–Trinajstić information content (AvgIpc) is 2.72. The van der Waals surface area contributed by atoms with Crippen LogP contribution in [-0.2, 0) is 16.0 Å². The summed E-state index contributed by atoms with van der Waals surface area (Å²) in [5.41, 5.74) is 1.02. The molecule has 0 aromatic heterocycles. The standard InChI is InChI=1S/C28H46O2/c1-4-5-6-17-22-27(30-28(29)24-26-20-15-13-16-21-26)23-18-12-10-8-7-9-11-14-19-25(2)3/h12-13,15-16,18,20-21,25,27H,4-11,14,17,19,22-24H2,1-3H3/b18-12-/t27-/m1/s1. The van der Waals surface area contributed by atoms with E-state index in [1.54, 1.807) is 0 Å². The Kier molecular flexibility index (Phi) is 16.1. The van der Waals surface area contributed by atoms with Crippen molar-refractivity contribution in [3.05, 3.63) is 48.0 Å². The lowest BCUT2D eigenvalue weighted by Gasteiger charge is -2.16. The minimum absolute atomic E-state index is 0.0188. The maximum Gasteiger partial charge on any atom is 0.310 e. The van der Waals surface area contributed by atoms with Crippen molar-refractivity contribution in [1.82, 2.24) is 0 Å². The molecule has 0 amide bonds. The van der Waals surface area contributed by atoms with E-state index in [9.17, 15) is 4.79 Å². The van der Waals surface area contributed by atoms with E-state index in [4.69, 9.17) is 4.74 Å². The summed E-state index contributed by atoms with van der Waals surface area (Å²) in [5, 5.41) is 0. The molecule has 0 aliphatic rings. The number of hydrogen-bond donors (Lipinski definition) is 0. The van der Waals surface area contributed by atoms with Gasteiger partial charge in [0.1, 0.15) is 6.10 Å². The van der Waals surface area contributed by atoms with Gasteiger partial charge in [0, 0.05) is 6.42 Å². The summed E-state index contributed by atoms with van der Waals surface area (Å²) in [7, 11) is 0. The highest BCUT2D eigenvalue weighted by Crippen LogP contribution is 2.15. The van der Waals surface area contributed by atoms with Crippen molar-refractivity contribution in [3.63, 3.8) is 0 Å². The SMILES string of the molecule is CCCCCC[C@H](C/C=C\CCCCCCCC(C)C)OC(=O)Cc1ccccc1. The molecule has 0 heterocycles. The van der Waals surface area contributed by atoms with E-state index >= 15 is 0 Å². The van der Waals surface area contributed by atoms with Gasteiger partial charge < -0.3 is 4.74 Å². The highest BCUT2D eigenvalue weighted by atomic mass is 16.5. The molecule has 0 aliphatic carbocycles. The predicted molar refractivity (Wildman–Crippen MR) is 130 cm³/mol. The van der Waals surface area contributed by atoms with Crippen LogP contribution in [0.5, 0.6) is 0 Å². The van der Waals surface area contributed by atoms with Crippen LogP contribution < -0.4 is 0 Å². The van der Waals surface area contributed by atoms with Crippen LogP contribution >= 0.6 is 0 Å². The van der Waals surface area contributed by atoms with Gasteiger partial charge in [0.15, 0.2) is 0 Å². The predicted octanol–water partition coefficient (Wildman–Crippen LogP) is 8.44. The molecule has 30 heavy (non-hydrogen) atoms. The quantitative estimate of drug-likeness (QED) is 0.137.